The summed E-state index contributed by atoms with van der Waals surface area (Å²) in [6.45, 7) is 0.00293. The molecule has 130 valence electrons. The molecule has 0 aliphatic rings. The van der Waals surface area contributed by atoms with E-state index in [0.29, 0.717) is 5.69 Å². The minimum atomic E-state index is -4.47. The summed E-state index contributed by atoms with van der Waals surface area (Å²) in [6, 6.07) is 5.55. The van der Waals surface area contributed by atoms with Crippen molar-refractivity contribution < 1.29 is 27.2 Å². The summed E-state index contributed by atoms with van der Waals surface area (Å²) in [5.74, 6) is -0.383. The fourth-order valence-corrected chi connectivity index (χ4v) is 1.88. The van der Waals surface area contributed by atoms with Crippen LogP contribution in [0.4, 0.5) is 24.7 Å². The van der Waals surface area contributed by atoms with Crippen molar-refractivity contribution in [3.63, 3.8) is 0 Å². The molecule has 0 spiro atoms. The molecule has 0 fully saturated rings. The van der Waals surface area contributed by atoms with Gasteiger partial charge < -0.3 is 14.6 Å². The van der Waals surface area contributed by atoms with E-state index in [1.165, 1.54) is 24.3 Å². The Hall–Kier alpha value is -2.42. The van der Waals surface area contributed by atoms with Gasteiger partial charge in [0, 0.05) is 11.1 Å². The van der Waals surface area contributed by atoms with Crippen molar-refractivity contribution in [2.75, 3.05) is 23.8 Å². The predicted octanol–water partition coefficient (Wildman–Crippen LogP) is 3.63. The second-order valence-corrected chi connectivity index (χ2v) is 5.22. The van der Waals surface area contributed by atoms with Gasteiger partial charge in [-0.15, -0.1) is 0 Å². The molecule has 1 aromatic heterocycles. The lowest BCUT2D eigenvalue weighted by Gasteiger charge is -2.14. The minimum absolute atomic E-state index is 0.0694. The van der Waals surface area contributed by atoms with Crippen LogP contribution in [-0.4, -0.2) is 30.4 Å². The van der Waals surface area contributed by atoms with Crippen molar-refractivity contribution in [3.8, 4) is 5.75 Å². The highest BCUT2D eigenvalue weighted by atomic mass is 35.5. The van der Waals surface area contributed by atoms with Crippen molar-refractivity contribution >= 4 is 29.1 Å². The van der Waals surface area contributed by atoms with Crippen LogP contribution in [0, 0.1) is 6.92 Å². The van der Waals surface area contributed by atoms with Gasteiger partial charge in [0.2, 0.25) is 11.8 Å². The molecule has 6 nitrogen and oxygen atoms in total. The van der Waals surface area contributed by atoms with E-state index < -0.39 is 18.7 Å². The van der Waals surface area contributed by atoms with E-state index in [0.717, 1.165) is 0 Å². The molecule has 24 heavy (non-hydrogen) atoms. The van der Waals surface area contributed by atoms with E-state index in [2.05, 4.69) is 15.8 Å². The maximum Gasteiger partial charge on any atom is 0.422 e. The van der Waals surface area contributed by atoms with Gasteiger partial charge in [-0.1, -0.05) is 16.8 Å². The van der Waals surface area contributed by atoms with Gasteiger partial charge in [0.25, 0.3) is 0 Å². The van der Waals surface area contributed by atoms with Crippen molar-refractivity contribution in [2.45, 2.75) is 13.1 Å². The van der Waals surface area contributed by atoms with Crippen LogP contribution in [0.2, 0.25) is 5.02 Å². The maximum absolute atomic E-state index is 12.3. The van der Waals surface area contributed by atoms with E-state index in [1.54, 1.807) is 6.92 Å². The van der Waals surface area contributed by atoms with Gasteiger partial charge in [-0.05, 0) is 25.1 Å². The van der Waals surface area contributed by atoms with Gasteiger partial charge in [-0.3, -0.25) is 10.1 Å². The van der Waals surface area contributed by atoms with E-state index in [9.17, 15) is 18.0 Å². The Labute approximate surface area is 139 Å². The van der Waals surface area contributed by atoms with Gasteiger partial charge in [0.05, 0.1) is 17.9 Å². The summed E-state index contributed by atoms with van der Waals surface area (Å²) in [4.78, 5) is 11.8. The third-order valence-corrected chi connectivity index (χ3v) is 2.90. The number of nitrogens with one attached hydrogen (secondary N) is 2. The molecular weight excluding hydrogens is 351 g/mol. The van der Waals surface area contributed by atoms with Gasteiger partial charge >= 0.3 is 6.18 Å². The number of hydrogen-bond donors (Lipinski definition) is 2. The monoisotopic (exact) mass is 363 g/mol. The Balaban J connectivity index is 1.97. The summed E-state index contributed by atoms with van der Waals surface area (Å²) in [5.41, 5.74) is 0.756. The van der Waals surface area contributed by atoms with Crippen molar-refractivity contribution in [2.24, 2.45) is 0 Å². The van der Waals surface area contributed by atoms with Crippen LogP contribution in [0.1, 0.15) is 5.69 Å². The van der Waals surface area contributed by atoms with Crippen LogP contribution in [0.5, 0.6) is 5.75 Å². The van der Waals surface area contributed by atoms with E-state index in [-0.39, 0.29) is 28.9 Å². The molecule has 0 saturated heterocycles. The quantitative estimate of drug-likeness (QED) is 0.819. The average Bonchev–Trinajstić information content (AvgIpc) is 2.88. The first-order chi connectivity index (χ1) is 11.2. The largest absolute Gasteiger partial charge is 0.482 e. The molecule has 0 aliphatic carbocycles. The molecule has 1 heterocycles. The molecule has 2 N–H and O–H groups in total. The first-order valence-corrected chi connectivity index (χ1v) is 7.07. The number of aromatic nitrogens is 1. The van der Waals surface area contributed by atoms with Crippen LogP contribution in [0.25, 0.3) is 0 Å². The van der Waals surface area contributed by atoms with Gasteiger partial charge in [0.15, 0.2) is 6.61 Å². The molecule has 0 aliphatic heterocycles. The zero-order chi connectivity index (χ0) is 17.7. The minimum Gasteiger partial charge on any atom is -0.482 e. The second-order valence-electron chi connectivity index (χ2n) is 4.78. The standard InChI is InChI=1S/C14H13ClF3N3O3/c1-8-4-13(24-21-8)20-12(22)6-19-10-5-9(15)2-3-11(10)23-7-14(16,17)18/h2-5,19H,6-7H2,1H3,(H,20,22). The van der Waals surface area contributed by atoms with E-state index in [4.69, 9.17) is 20.9 Å². The number of amides is 1. The Morgan fingerprint density at radius 1 is 1.38 bits per heavy atom. The molecule has 0 radical (unpaired) electrons. The number of alkyl halides is 3. The molecule has 0 bridgehead atoms. The number of hydrogen-bond acceptors (Lipinski definition) is 5. The number of nitrogens with zero attached hydrogens (tertiary/aromatic N) is 1. The van der Waals surface area contributed by atoms with Gasteiger partial charge in [0.1, 0.15) is 5.75 Å². The highest BCUT2D eigenvalue weighted by molar-refractivity contribution is 6.30. The number of benzene rings is 1. The number of rotatable bonds is 6. The second kappa shape index (κ2) is 7.43. The first-order valence-electron chi connectivity index (χ1n) is 6.69. The highest BCUT2D eigenvalue weighted by Gasteiger charge is 2.28. The first kappa shape index (κ1) is 17.9. The number of carbonyl (C=O) groups excluding carboxylic acids is 1. The number of anilines is 2. The summed E-state index contributed by atoms with van der Waals surface area (Å²) >= 11 is 5.81. The van der Waals surface area contributed by atoms with Crippen molar-refractivity contribution in [1.29, 1.82) is 0 Å². The molecule has 0 saturated carbocycles. The smallest absolute Gasteiger partial charge is 0.422 e. The lowest BCUT2D eigenvalue weighted by atomic mass is 10.3. The molecule has 0 atom stereocenters. The average molecular weight is 364 g/mol. The maximum atomic E-state index is 12.3. The summed E-state index contributed by atoms with van der Waals surface area (Å²) in [7, 11) is 0. The molecule has 1 amide bonds. The Kier molecular flexibility index (Phi) is 5.55. The van der Waals surface area contributed by atoms with Crippen LogP contribution in [-0.2, 0) is 4.79 Å². The lowest BCUT2D eigenvalue weighted by molar-refractivity contribution is -0.153. The number of ether oxygens (including phenoxy) is 1. The van der Waals surface area contributed by atoms with E-state index in [1.807, 2.05) is 0 Å². The normalized spacial score (nSPS) is 11.2. The fraction of sp³-hybridized carbons (Fsp3) is 0.286. The molecule has 2 aromatic rings. The zero-order valence-corrected chi connectivity index (χ0v) is 13.2. The van der Waals surface area contributed by atoms with Crippen LogP contribution >= 0.6 is 11.6 Å². The van der Waals surface area contributed by atoms with Crippen molar-refractivity contribution in [1.82, 2.24) is 5.16 Å². The van der Waals surface area contributed by atoms with Crippen LogP contribution in [0.15, 0.2) is 28.8 Å². The lowest BCUT2D eigenvalue weighted by Crippen LogP contribution is -2.23. The zero-order valence-electron chi connectivity index (χ0n) is 12.4. The Morgan fingerprint density at radius 2 is 2.12 bits per heavy atom. The van der Waals surface area contributed by atoms with Crippen LogP contribution in [0.3, 0.4) is 0 Å². The predicted molar refractivity (Wildman–Crippen MR) is 81.4 cm³/mol. The van der Waals surface area contributed by atoms with E-state index >= 15 is 0 Å². The summed E-state index contributed by atoms with van der Waals surface area (Å²) in [5, 5.41) is 8.99. The third-order valence-electron chi connectivity index (χ3n) is 2.66. The topological polar surface area (TPSA) is 76.4 Å². The van der Waals surface area contributed by atoms with Crippen molar-refractivity contribution in [3.05, 3.63) is 35.0 Å². The number of carbonyl (C=O) groups is 1. The summed E-state index contributed by atoms with van der Waals surface area (Å²) in [6.07, 6.45) is -4.47. The molecule has 1 aromatic carbocycles. The highest BCUT2D eigenvalue weighted by Crippen LogP contribution is 2.29. The molecular formula is C14H13ClF3N3O3. The number of aryl methyl sites for hydroxylation is 1. The third kappa shape index (κ3) is 5.65. The van der Waals surface area contributed by atoms with Gasteiger partial charge in [-0.25, -0.2) is 0 Å². The van der Waals surface area contributed by atoms with Gasteiger partial charge in [-0.2, -0.15) is 13.2 Å². The number of halogens is 4. The van der Waals surface area contributed by atoms with Crippen LogP contribution < -0.4 is 15.4 Å². The molecule has 0 unspecified atom stereocenters. The molecule has 2 rings (SSSR count). The Morgan fingerprint density at radius 3 is 2.75 bits per heavy atom. The molecule has 10 heteroatoms. The fourth-order valence-electron chi connectivity index (χ4n) is 1.71. The SMILES string of the molecule is Cc1cc(NC(=O)CNc2cc(Cl)ccc2OCC(F)(F)F)on1. The Bertz CT molecular complexity index is 719. The summed E-state index contributed by atoms with van der Waals surface area (Å²) < 4.78 is 46.3.